The summed E-state index contributed by atoms with van der Waals surface area (Å²) < 4.78 is 0. The largest absolute Gasteiger partial charge is 0.300 e. The predicted octanol–water partition coefficient (Wildman–Crippen LogP) is 3.74. The van der Waals surface area contributed by atoms with Gasteiger partial charge < -0.3 is 0 Å². The van der Waals surface area contributed by atoms with Crippen molar-refractivity contribution < 1.29 is 4.79 Å². The van der Waals surface area contributed by atoms with Crippen molar-refractivity contribution in [2.45, 2.75) is 52.9 Å². The van der Waals surface area contributed by atoms with Crippen LogP contribution in [0, 0.1) is 17.3 Å². The first-order chi connectivity index (χ1) is 6.98. The first kappa shape index (κ1) is 10.9. The number of carbonyl (C=O) groups is 1. The van der Waals surface area contributed by atoms with Crippen LogP contribution in [-0.4, -0.2) is 5.78 Å². The SMILES string of the molecule is C[C@@H]1CC[C@@H]2CC(=O)CCC(C)(C)/C=C\21. The van der Waals surface area contributed by atoms with E-state index in [4.69, 9.17) is 0 Å². The molecule has 1 heteroatoms. The van der Waals surface area contributed by atoms with Gasteiger partial charge in [0, 0.05) is 12.8 Å². The molecule has 1 fully saturated rings. The second kappa shape index (κ2) is 3.77. The van der Waals surface area contributed by atoms with Crippen molar-refractivity contribution in [3.63, 3.8) is 0 Å². The Morgan fingerprint density at radius 2 is 2.07 bits per heavy atom. The number of hydrogen-bond donors (Lipinski definition) is 0. The third-order valence-electron chi connectivity index (χ3n) is 4.07. The molecule has 0 aromatic carbocycles. The molecule has 0 amide bonds. The van der Waals surface area contributed by atoms with E-state index in [0.29, 0.717) is 17.6 Å². The second-order valence-electron chi connectivity index (χ2n) is 6.05. The van der Waals surface area contributed by atoms with E-state index in [1.807, 2.05) is 0 Å². The molecule has 0 aliphatic heterocycles. The third kappa shape index (κ3) is 2.32. The molecule has 0 saturated heterocycles. The molecular weight excluding hydrogens is 184 g/mol. The third-order valence-corrected chi connectivity index (χ3v) is 4.07. The molecule has 15 heavy (non-hydrogen) atoms. The zero-order valence-corrected chi connectivity index (χ0v) is 10.2. The summed E-state index contributed by atoms with van der Waals surface area (Å²) in [5.41, 5.74) is 1.80. The van der Waals surface area contributed by atoms with E-state index in [0.717, 1.165) is 19.3 Å². The molecule has 84 valence electrons. The maximum Gasteiger partial charge on any atom is 0.133 e. The molecule has 1 nitrogen and oxygen atoms in total. The van der Waals surface area contributed by atoms with Crippen molar-refractivity contribution in [1.29, 1.82) is 0 Å². The van der Waals surface area contributed by atoms with Crippen LogP contribution in [0.1, 0.15) is 52.9 Å². The van der Waals surface area contributed by atoms with Crippen LogP contribution in [0.4, 0.5) is 0 Å². The molecular formula is C14H22O. The van der Waals surface area contributed by atoms with Gasteiger partial charge in [0.15, 0.2) is 0 Å². The Hall–Kier alpha value is -0.590. The van der Waals surface area contributed by atoms with Crippen molar-refractivity contribution in [1.82, 2.24) is 0 Å². The fourth-order valence-electron chi connectivity index (χ4n) is 3.03. The van der Waals surface area contributed by atoms with Crippen LogP contribution in [0.3, 0.4) is 0 Å². The number of carbonyl (C=O) groups excluding carboxylic acids is 1. The molecule has 0 radical (unpaired) electrons. The minimum absolute atomic E-state index is 0.224. The minimum Gasteiger partial charge on any atom is -0.300 e. The highest BCUT2D eigenvalue weighted by Crippen LogP contribution is 2.43. The van der Waals surface area contributed by atoms with E-state index in [1.165, 1.54) is 12.8 Å². The fourth-order valence-corrected chi connectivity index (χ4v) is 3.03. The van der Waals surface area contributed by atoms with Gasteiger partial charge in [-0.3, -0.25) is 4.79 Å². The molecule has 0 bridgehead atoms. The van der Waals surface area contributed by atoms with Gasteiger partial charge in [0.1, 0.15) is 5.78 Å². The van der Waals surface area contributed by atoms with E-state index in [9.17, 15) is 4.79 Å². The normalized spacial score (nSPS) is 38.9. The number of allylic oxidation sites excluding steroid dienone is 2. The zero-order chi connectivity index (χ0) is 11.1. The van der Waals surface area contributed by atoms with E-state index in [1.54, 1.807) is 5.57 Å². The Bertz CT molecular complexity index is 298. The smallest absolute Gasteiger partial charge is 0.133 e. The van der Waals surface area contributed by atoms with Crippen LogP contribution in [0.15, 0.2) is 11.6 Å². The van der Waals surface area contributed by atoms with Crippen LogP contribution in [0.25, 0.3) is 0 Å². The Morgan fingerprint density at radius 1 is 1.33 bits per heavy atom. The lowest BCUT2D eigenvalue weighted by atomic mass is 9.78. The molecule has 2 aliphatic carbocycles. The molecule has 0 N–H and O–H groups in total. The van der Waals surface area contributed by atoms with Crippen LogP contribution >= 0.6 is 0 Å². The van der Waals surface area contributed by atoms with Crippen molar-refractivity contribution in [2.24, 2.45) is 17.3 Å². The standard InChI is InChI=1S/C14H22O/c1-10-4-5-11-8-12(15)6-7-14(2,3)9-13(10)11/h9-11H,4-8H2,1-3H3/b13-9-/t10-,11-/m1/s1. The summed E-state index contributed by atoms with van der Waals surface area (Å²) in [6, 6.07) is 0. The second-order valence-corrected chi connectivity index (χ2v) is 6.05. The summed E-state index contributed by atoms with van der Waals surface area (Å²) in [6.45, 7) is 6.84. The van der Waals surface area contributed by atoms with Gasteiger partial charge in [-0.25, -0.2) is 0 Å². The van der Waals surface area contributed by atoms with E-state index in [2.05, 4.69) is 26.8 Å². The van der Waals surface area contributed by atoms with Gasteiger partial charge in [-0.1, -0.05) is 32.4 Å². The maximum absolute atomic E-state index is 11.7. The molecule has 0 unspecified atom stereocenters. The average Bonchev–Trinajstić information content (AvgIpc) is 2.44. The molecule has 2 rings (SSSR count). The predicted molar refractivity (Wildman–Crippen MR) is 62.6 cm³/mol. The van der Waals surface area contributed by atoms with Crippen LogP contribution in [0.2, 0.25) is 0 Å². The van der Waals surface area contributed by atoms with Gasteiger partial charge in [0.05, 0.1) is 0 Å². The quantitative estimate of drug-likeness (QED) is 0.552. The molecule has 0 aromatic rings. The van der Waals surface area contributed by atoms with E-state index in [-0.39, 0.29) is 5.41 Å². The van der Waals surface area contributed by atoms with E-state index >= 15 is 0 Å². The number of rotatable bonds is 0. The highest BCUT2D eigenvalue weighted by atomic mass is 16.1. The molecule has 2 atom stereocenters. The maximum atomic E-state index is 11.7. The lowest BCUT2D eigenvalue weighted by molar-refractivity contribution is -0.120. The van der Waals surface area contributed by atoms with Crippen molar-refractivity contribution in [3.8, 4) is 0 Å². The monoisotopic (exact) mass is 206 g/mol. The molecule has 0 spiro atoms. The van der Waals surface area contributed by atoms with Gasteiger partial charge >= 0.3 is 0 Å². The summed E-state index contributed by atoms with van der Waals surface area (Å²) in [4.78, 5) is 11.7. The summed E-state index contributed by atoms with van der Waals surface area (Å²) in [7, 11) is 0. The summed E-state index contributed by atoms with van der Waals surface area (Å²) >= 11 is 0. The van der Waals surface area contributed by atoms with Gasteiger partial charge in [-0.2, -0.15) is 0 Å². The number of hydrogen-bond acceptors (Lipinski definition) is 1. The lowest BCUT2D eigenvalue weighted by Gasteiger charge is -2.27. The van der Waals surface area contributed by atoms with Gasteiger partial charge in [0.25, 0.3) is 0 Å². The zero-order valence-electron chi connectivity index (χ0n) is 10.2. The van der Waals surface area contributed by atoms with E-state index < -0.39 is 0 Å². The van der Waals surface area contributed by atoms with Crippen LogP contribution in [0.5, 0.6) is 0 Å². The Balaban J connectivity index is 2.31. The first-order valence-electron chi connectivity index (χ1n) is 6.22. The van der Waals surface area contributed by atoms with Crippen LogP contribution in [-0.2, 0) is 4.79 Å². The van der Waals surface area contributed by atoms with Gasteiger partial charge in [-0.15, -0.1) is 0 Å². The summed E-state index contributed by atoms with van der Waals surface area (Å²) in [6.07, 6.45) is 7.60. The Kier molecular flexibility index (Phi) is 2.74. The number of fused-ring (bicyclic) bond motifs is 1. The van der Waals surface area contributed by atoms with Gasteiger partial charge in [-0.05, 0) is 36.5 Å². The summed E-state index contributed by atoms with van der Waals surface area (Å²) in [5, 5.41) is 0. The number of ketones is 1. The van der Waals surface area contributed by atoms with Gasteiger partial charge in [0.2, 0.25) is 0 Å². The molecule has 2 aliphatic rings. The highest BCUT2D eigenvalue weighted by Gasteiger charge is 2.33. The fraction of sp³-hybridized carbons (Fsp3) is 0.786. The molecule has 1 saturated carbocycles. The van der Waals surface area contributed by atoms with Crippen LogP contribution < -0.4 is 0 Å². The van der Waals surface area contributed by atoms with Crippen molar-refractivity contribution >= 4 is 5.78 Å². The molecule has 0 heterocycles. The minimum atomic E-state index is 0.224. The average molecular weight is 206 g/mol. The Labute approximate surface area is 92.9 Å². The topological polar surface area (TPSA) is 17.1 Å². The summed E-state index contributed by atoms with van der Waals surface area (Å²) in [5.74, 6) is 1.76. The first-order valence-corrected chi connectivity index (χ1v) is 6.22. The Morgan fingerprint density at radius 3 is 2.80 bits per heavy atom. The lowest BCUT2D eigenvalue weighted by Crippen LogP contribution is -2.19. The highest BCUT2D eigenvalue weighted by molar-refractivity contribution is 5.79. The molecule has 0 aromatic heterocycles. The van der Waals surface area contributed by atoms with Crippen molar-refractivity contribution in [3.05, 3.63) is 11.6 Å². The number of Topliss-reactive ketones (excluding diaryl/α,β-unsaturated/α-hetero) is 1. The van der Waals surface area contributed by atoms with Crippen molar-refractivity contribution in [2.75, 3.05) is 0 Å².